The van der Waals surface area contributed by atoms with Gasteiger partial charge in [-0.05, 0) is 47.0 Å². The number of nitrogens with one attached hydrogen (secondary N) is 3. The van der Waals surface area contributed by atoms with Gasteiger partial charge in [0.05, 0.1) is 7.11 Å². The van der Waals surface area contributed by atoms with Crippen molar-refractivity contribution in [1.29, 1.82) is 0 Å². The zero-order chi connectivity index (χ0) is 22.2. The molecule has 2 unspecified atom stereocenters. The highest BCUT2D eigenvalue weighted by Crippen LogP contribution is 2.44. The number of hydrogen-bond donors (Lipinski definition) is 3. The summed E-state index contributed by atoms with van der Waals surface area (Å²) < 4.78 is 9.55. The number of hydrazine groups is 1. The Labute approximate surface area is 171 Å². The molecule has 29 heavy (non-hydrogen) atoms. The van der Waals surface area contributed by atoms with Crippen molar-refractivity contribution in [3.8, 4) is 0 Å². The summed E-state index contributed by atoms with van der Waals surface area (Å²) in [5.74, 6) is -0.394. The molecule has 3 N–H and O–H groups in total. The number of esters is 1. The average molecular weight is 412 g/mol. The number of carbonyl (C=O) groups is 4. The molecule has 3 atom stereocenters. The second-order valence-corrected chi connectivity index (χ2v) is 8.01. The van der Waals surface area contributed by atoms with Gasteiger partial charge in [-0.25, -0.2) is 25.2 Å². The molecule has 10 nitrogen and oxygen atoms in total. The first-order valence-corrected chi connectivity index (χ1v) is 9.48. The number of methoxy groups -OCH3 is 1. The molecule has 1 saturated heterocycles. The fraction of sp³-hybridized carbons (Fsp3) is 0.684. The number of ether oxygens (including phenoxy) is 2. The molecule has 2 rings (SSSR count). The minimum absolute atomic E-state index is 0.00940. The van der Waals surface area contributed by atoms with Gasteiger partial charge in [0.1, 0.15) is 11.1 Å². The van der Waals surface area contributed by atoms with E-state index in [1.807, 2.05) is 6.92 Å². The molecule has 1 saturated carbocycles. The van der Waals surface area contributed by atoms with Crippen molar-refractivity contribution in [3.05, 3.63) is 12.7 Å². The molecule has 1 aliphatic carbocycles. The molecule has 164 valence electrons. The summed E-state index contributed by atoms with van der Waals surface area (Å²) in [6, 6.07) is -0.0729. The molecule has 2 fully saturated rings. The zero-order valence-electron chi connectivity index (χ0n) is 17.7. The van der Waals surface area contributed by atoms with Crippen LogP contribution in [0.1, 0.15) is 47.0 Å². The summed E-state index contributed by atoms with van der Waals surface area (Å²) in [5, 5.41) is 2.46. The highest BCUT2D eigenvalue weighted by Gasteiger charge is 2.59. The molecule has 0 radical (unpaired) electrons. The first kappa shape index (κ1) is 24.3. The monoisotopic (exact) mass is 412 g/mol. The van der Waals surface area contributed by atoms with Gasteiger partial charge >= 0.3 is 18.1 Å². The van der Waals surface area contributed by atoms with Crippen LogP contribution in [0.15, 0.2) is 12.7 Å². The van der Waals surface area contributed by atoms with E-state index in [4.69, 9.17) is 4.74 Å². The van der Waals surface area contributed by atoms with Crippen LogP contribution in [0, 0.1) is 5.92 Å². The van der Waals surface area contributed by atoms with Crippen molar-refractivity contribution >= 4 is 24.5 Å². The van der Waals surface area contributed by atoms with Crippen LogP contribution < -0.4 is 16.2 Å². The lowest BCUT2D eigenvalue weighted by Crippen LogP contribution is -2.50. The summed E-state index contributed by atoms with van der Waals surface area (Å²) in [6.07, 6.45) is 4.09. The Hall–Kier alpha value is -2.78. The maximum absolute atomic E-state index is 11.7. The molecule has 0 spiro atoms. The smallest absolute Gasteiger partial charge is 0.426 e. The lowest BCUT2D eigenvalue weighted by molar-refractivity contribution is -0.145. The third kappa shape index (κ3) is 6.95. The SMILES string of the molecule is C=CC1C[C@]1(NC=O)C(=O)OC.CC1CCCN1C(=O)NNC(=O)OC(C)(C)C. The second-order valence-electron chi connectivity index (χ2n) is 8.01. The predicted molar refractivity (Wildman–Crippen MR) is 106 cm³/mol. The first-order chi connectivity index (χ1) is 13.5. The fourth-order valence-corrected chi connectivity index (χ4v) is 3.03. The fourth-order valence-electron chi connectivity index (χ4n) is 3.03. The minimum atomic E-state index is -0.821. The molecule has 10 heteroatoms. The normalized spacial score (nSPS) is 24.9. The van der Waals surface area contributed by atoms with Crippen LogP contribution in [0.5, 0.6) is 0 Å². The minimum Gasteiger partial charge on any atom is -0.467 e. The molecule has 1 aliphatic heterocycles. The van der Waals surface area contributed by atoms with Gasteiger partial charge < -0.3 is 19.7 Å². The van der Waals surface area contributed by atoms with E-state index in [-0.39, 0.29) is 18.0 Å². The van der Waals surface area contributed by atoms with E-state index < -0.39 is 23.2 Å². The number of nitrogens with zero attached hydrogens (tertiary/aromatic N) is 1. The van der Waals surface area contributed by atoms with Crippen LogP contribution in [0.2, 0.25) is 0 Å². The highest BCUT2D eigenvalue weighted by atomic mass is 16.6. The van der Waals surface area contributed by atoms with Crippen molar-refractivity contribution in [2.75, 3.05) is 13.7 Å². The van der Waals surface area contributed by atoms with Gasteiger partial charge in [-0.3, -0.25) is 4.79 Å². The Morgan fingerprint density at radius 3 is 2.31 bits per heavy atom. The van der Waals surface area contributed by atoms with E-state index in [2.05, 4.69) is 27.5 Å². The van der Waals surface area contributed by atoms with Crippen molar-refractivity contribution in [1.82, 2.24) is 21.1 Å². The largest absolute Gasteiger partial charge is 0.467 e. The van der Waals surface area contributed by atoms with Crippen LogP contribution in [-0.4, -0.2) is 60.2 Å². The van der Waals surface area contributed by atoms with Gasteiger partial charge in [0, 0.05) is 18.5 Å². The lowest BCUT2D eigenvalue weighted by Gasteiger charge is -2.23. The second kappa shape index (κ2) is 10.1. The van der Waals surface area contributed by atoms with E-state index in [1.165, 1.54) is 7.11 Å². The lowest BCUT2D eigenvalue weighted by atomic mass is 10.2. The van der Waals surface area contributed by atoms with Crippen molar-refractivity contribution in [2.24, 2.45) is 5.92 Å². The molecule has 4 amide bonds. The van der Waals surface area contributed by atoms with Crippen molar-refractivity contribution in [2.45, 2.75) is 64.1 Å². The summed E-state index contributed by atoms with van der Waals surface area (Å²) in [4.78, 5) is 46.0. The zero-order valence-corrected chi connectivity index (χ0v) is 17.7. The number of carbonyl (C=O) groups excluding carboxylic acids is 4. The van der Waals surface area contributed by atoms with Gasteiger partial charge in [-0.15, -0.1) is 6.58 Å². The van der Waals surface area contributed by atoms with Crippen LogP contribution in [0.4, 0.5) is 9.59 Å². The third-order valence-corrected chi connectivity index (χ3v) is 4.65. The predicted octanol–water partition coefficient (Wildman–Crippen LogP) is 1.47. The third-order valence-electron chi connectivity index (χ3n) is 4.65. The van der Waals surface area contributed by atoms with E-state index >= 15 is 0 Å². The number of amides is 4. The van der Waals surface area contributed by atoms with E-state index in [0.717, 1.165) is 19.4 Å². The van der Waals surface area contributed by atoms with Gasteiger partial charge in [0.15, 0.2) is 0 Å². The van der Waals surface area contributed by atoms with Crippen molar-refractivity contribution in [3.63, 3.8) is 0 Å². The van der Waals surface area contributed by atoms with Crippen LogP contribution in [0.25, 0.3) is 0 Å². The number of hydrogen-bond acceptors (Lipinski definition) is 6. The first-order valence-electron chi connectivity index (χ1n) is 9.48. The Kier molecular flexibility index (Phi) is 8.47. The summed E-state index contributed by atoms with van der Waals surface area (Å²) >= 11 is 0. The molecule has 0 bridgehead atoms. The van der Waals surface area contributed by atoms with Crippen LogP contribution in [-0.2, 0) is 19.1 Å². The summed E-state index contributed by atoms with van der Waals surface area (Å²) in [5.41, 5.74) is 3.18. The van der Waals surface area contributed by atoms with Gasteiger partial charge in [-0.2, -0.15) is 0 Å². The van der Waals surface area contributed by atoms with Gasteiger partial charge in [-0.1, -0.05) is 6.08 Å². The number of urea groups is 1. The Balaban J connectivity index is 0.000000308. The Bertz CT molecular complexity index is 633. The number of rotatable bonds is 4. The quantitative estimate of drug-likeness (QED) is 0.278. The molecule has 0 aromatic heterocycles. The van der Waals surface area contributed by atoms with E-state index in [9.17, 15) is 19.2 Å². The topological polar surface area (TPSA) is 126 Å². The molecular weight excluding hydrogens is 380 g/mol. The highest BCUT2D eigenvalue weighted by molar-refractivity contribution is 5.88. The molecule has 0 aromatic carbocycles. The molecular formula is C19H32N4O6. The average Bonchev–Trinajstić information content (AvgIpc) is 3.20. The maximum atomic E-state index is 11.7. The molecule has 2 aliphatic rings. The van der Waals surface area contributed by atoms with Gasteiger partial charge in [0.25, 0.3) is 0 Å². The Morgan fingerprint density at radius 2 is 1.90 bits per heavy atom. The van der Waals surface area contributed by atoms with E-state index in [1.54, 1.807) is 31.7 Å². The molecule has 1 heterocycles. The molecule has 0 aromatic rings. The van der Waals surface area contributed by atoms with E-state index in [0.29, 0.717) is 12.8 Å². The standard InChI is InChI=1S/C11H21N3O3.C8H11NO3/c1-8-6-5-7-14(8)9(15)12-13-10(16)17-11(2,3)4;1-3-6-4-8(6,9-5-10)7(11)12-2/h8H,5-7H2,1-4H3,(H,12,15)(H,13,16);3,5-6H,1,4H2,2H3,(H,9,10)/t;6?,8-/m.1/s1. The summed E-state index contributed by atoms with van der Waals surface area (Å²) in [7, 11) is 1.30. The Morgan fingerprint density at radius 1 is 1.24 bits per heavy atom. The number of likely N-dealkylation sites (tertiary alicyclic amines) is 1. The van der Waals surface area contributed by atoms with Crippen LogP contribution >= 0.6 is 0 Å². The maximum Gasteiger partial charge on any atom is 0.426 e. The van der Waals surface area contributed by atoms with Crippen molar-refractivity contribution < 1.29 is 28.7 Å². The summed E-state index contributed by atoms with van der Waals surface area (Å²) in [6.45, 7) is 11.5. The van der Waals surface area contributed by atoms with Gasteiger partial charge in [0.2, 0.25) is 6.41 Å². The van der Waals surface area contributed by atoms with Crippen LogP contribution in [0.3, 0.4) is 0 Å².